The molecule has 2 aliphatic carbocycles. The number of hydrogen-bond acceptors (Lipinski definition) is 4. The summed E-state index contributed by atoms with van der Waals surface area (Å²) in [6, 6.07) is 10.6. The van der Waals surface area contributed by atoms with Crippen LogP contribution in [0.2, 0.25) is 0 Å². The average molecular weight is 440 g/mol. The average Bonchev–Trinajstić information content (AvgIpc) is 3.02. The number of nitrogens with one attached hydrogen (secondary N) is 1. The number of rotatable bonds is 5. The van der Waals surface area contributed by atoms with E-state index in [1.54, 1.807) is 0 Å². The van der Waals surface area contributed by atoms with E-state index in [2.05, 4.69) is 10.3 Å². The fourth-order valence-corrected chi connectivity index (χ4v) is 4.92. The van der Waals surface area contributed by atoms with Gasteiger partial charge in [0.25, 0.3) is 0 Å². The minimum absolute atomic E-state index is 0. The van der Waals surface area contributed by atoms with Crippen LogP contribution in [0, 0.1) is 18.8 Å². The predicted molar refractivity (Wildman–Crippen MR) is 119 cm³/mol. The molecule has 2 atom stereocenters. The number of nitrogens with zero attached hydrogens (tertiary/aromatic N) is 1. The number of aryl methyl sites for hydroxylation is 2. The van der Waals surface area contributed by atoms with Crippen LogP contribution in [0.4, 0.5) is 0 Å². The monoisotopic (exact) mass is 439 g/mol. The van der Waals surface area contributed by atoms with E-state index in [9.17, 15) is 4.79 Å². The first-order valence-corrected chi connectivity index (χ1v) is 10.2. The van der Waals surface area contributed by atoms with Gasteiger partial charge in [0, 0.05) is 30.5 Å². The summed E-state index contributed by atoms with van der Waals surface area (Å²) in [5.74, 6) is 2.62. The van der Waals surface area contributed by atoms with Gasteiger partial charge in [-0.3, -0.25) is 4.79 Å². The van der Waals surface area contributed by atoms with Gasteiger partial charge >= 0.3 is 0 Å². The van der Waals surface area contributed by atoms with Crippen molar-refractivity contribution in [3.63, 3.8) is 0 Å². The molecule has 2 saturated carbocycles. The van der Waals surface area contributed by atoms with Crippen molar-refractivity contribution in [3.05, 3.63) is 41.9 Å². The summed E-state index contributed by atoms with van der Waals surface area (Å²) in [7, 11) is 0. The van der Waals surface area contributed by atoms with E-state index in [1.807, 2.05) is 37.3 Å². The smallest absolute Gasteiger partial charge is 0.220 e. The van der Waals surface area contributed by atoms with Crippen LogP contribution in [0.15, 0.2) is 34.7 Å². The first kappa shape index (κ1) is 23.7. The van der Waals surface area contributed by atoms with Gasteiger partial charge in [-0.2, -0.15) is 0 Å². The van der Waals surface area contributed by atoms with Gasteiger partial charge in [0.2, 0.25) is 5.91 Å². The Bertz CT molecular complexity index is 783. The topological polar surface area (TPSA) is 81.2 Å². The maximum Gasteiger partial charge on any atom is 0.220 e. The molecule has 4 rings (SSSR count). The van der Waals surface area contributed by atoms with Crippen LogP contribution in [0.5, 0.6) is 0 Å². The van der Waals surface area contributed by atoms with Gasteiger partial charge in [-0.05, 0) is 44.4 Å². The highest BCUT2D eigenvalue weighted by molar-refractivity contribution is 5.85. The maximum absolute atomic E-state index is 12.5. The number of halogens is 2. The van der Waals surface area contributed by atoms with E-state index in [0.29, 0.717) is 42.7 Å². The molecular formula is C22H31Cl2N3O2. The van der Waals surface area contributed by atoms with Gasteiger partial charge in [-0.1, -0.05) is 36.8 Å². The third-order valence-corrected chi connectivity index (χ3v) is 6.15. The first-order chi connectivity index (χ1) is 13.1. The molecule has 2 fully saturated rings. The summed E-state index contributed by atoms with van der Waals surface area (Å²) < 4.78 is 5.92. The van der Waals surface area contributed by atoms with Crippen molar-refractivity contribution in [2.75, 3.05) is 0 Å². The van der Waals surface area contributed by atoms with Crippen LogP contribution in [0.25, 0.3) is 11.3 Å². The van der Waals surface area contributed by atoms with Crippen LogP contribution in [-0.2, 0) is 11.2 Å². The van der Waals surface area contributed by atoms with Crippen LogP contribution in [0.1, 0.15) is 50.1 Å². The molecule has 0 spiro atoms. The molecule has 3 N–H and O–H groups in total. The number of oxazole rings is 1. The molecule has 2 aromatic rings. The lowest BCUT2D eigenvalue weighted by atomic mass is 9.67. The van der Waals surface area contributed by atoms with E-state index < -0.39 is 0 Å². The van der Waals surface area contributed by atoms with E-state index in [0.717, 1.165) is 29.9 Å². The Labute approximate surface area is 185 Å². The number of carbonyl (C=O) groups is 1. The molecule has 0 radical (unpaired) electrons. The van der Waals surface area contributed by atoms with Crippen molar-refractivity contribution in [2.24, 2.45) is 17.6 Å². The second-order valence-electron chi connectivity index (χ2n) is 8.16. The van der Waals surface area contributed by atoms with Crippen molar-refractivity contribution >= 4 is 30.7 Å². The Morgan fingerprint density at radius 2 is 1.83 bits per heavy atom. The second kappa shape index (κ2) is 10.5. The highest BCUT2D eigenvalue weighted by Crippen LogP contribution is 2.39. The summed E-state index contributed by atoms with van der Waals surface area (Å²) in [6.07, 6.45) is 6.67. The molecule has 2 unspecified atom stereocenters. The number of fused-ring (bicyclic) bond motifs is 2. The number of amides is 1. The molecular weight excluding hydrogens is 409 g/mol. The molecule has 2 bridgehead atoms. The molecule has 1 aromatic carbocycles. The molecule has 0 saturated heterocycles. The minimum Gasteiger partial charge on any atom is -0.440 e. The van der Waals surface area contributed by atoms with Crippen molar-refractivity contribution < 1.29 is 9.21 Å². The largest absolute Gasteiger partial charge is 0.440 e. The van der Waals surface area contributed by atoms with Gasteiger partial charge in [0.15, 0.2) is 11.7 Å². The van der Waals surface area contributed by atoms with Crippen LogP contribution in [-0.4, -0.2) is 23.0 Å². The molecule has 1 amide bonds. The zero-order chi connectivity index (χ0) is 18.8. The highest BCUT2D eigenvalue weighted by atomic mass is 35.5. The quantitative estimate of drug-likeness (QED) is 0.720. The lowest BCUT2D eigenvalue weighted by Gasteiger charge is -2.45. The van der Waals surface area contributed by atoms with Crippen LogP contribution in [0.3, 0.4) is 0 Å². The Hall–Kier alpha value is -1.56. The Balaban J connectivity index is 0.00000150. The lowest BCUT2D eigenvalue weighted by molar-refractivity contribution is -0.123. The summed E-state index contributed by atoms with van der Waals surface area (Å²) in [6.45, 7) is 1.95. The first-order valence-electron chi connectivity index (χ1n) is 10.2. The Morgan fingerprint density at radius 3 is 2.48 bits per heavy atom. The molecule has 2 aliphatic rings. The fourth-order valence-electron chi connectivity index (χ4n) is 4.92. The lowest BCUT2D eigenvalue weighted by Crippen LogP contribution is -2.53. The fraction of sp³-hybridized carbons (Fsp3) is 0.545. The van der Waals surface area contributed by atoms with Gasteiger partial charge in [-0.15, -0.1) is 24.8 Å². The summed E-state index contributed by atoms with van der Waals surface area (Å²) in [4.78, 5) is 17.1. The van der Waals surface area contributed by atoms with E-state index in [-0.39, 0.29) is 30.7 Å². The highest BCUT2D eigenvalue weighted by Gasteiger charge is 2.39. The molecule has 1 heterocycles. The zero-order valence-corrected chi connectivity index (χ0v) is 18.4. The van der Waals surface area contributed by atoms with Gasteiger partial charge in [-0.25, -0.2) is 4.98 Å². The van der Waals surface area contributed by atoms with Crippen LogP contribution >= 0.6 is 24.8 Å². The standard InChI is InChI=1S/C22H29N3O2.2ClH/c1-14-22(15-6-3-2-4-7-15)27-20(24-14)11-10-19(26)25-21-16-8-5-9-17(21)13-18(23)12-16;;/h2-4,6-7,16-18,21H,5,8-13,23H2,1H3,(H,25,26);2*1H. The van der Waals surface area contributed by atoms with Crippen molar-refractivity contribution in [1.29, 1.82) is 0 Å². The van der Waals surface area contributed by atoms with E-state index in [1.165, 1.54) is 19.3 Å². The Morgan fingerprint density at radius 1 is 1.17 bits per heavy atom. The normalized spacial score (nSPS) is 25.4. The summed E-state index contributed by atoms with van der Waals surface area (Å²) >= 11 is 0. The molecule has 29 heavy (non-hydrogen) atoms. The third kappa shape index (κ3) is 5.53. The number of carbonyl (C=O) groups excluding carboxylic acids is 1. The predicted octanol–water partition coefficient (Wildman–Crippen LogP) is 4.45. The number of hydrogen-bond donors (Lipinski definition) is 2. The van der Waals surface area contributed by atoms with E-state index >= 15 is 0 Å². The summed E-state index contributed by atoms with van der Waals surface area (Å²) in [5, 5.41) is 3.30. The second-order valence-corrected chi connectivity index (χ2v) is 8.16. The summed E-state index contributed by atoms with van der Waals surface area (Å²) in [5.41, 5.74) is 8.07. The van der Waals surface area contributed by atoms with Crippen LogP contribution < -0.4 is 11.1 Å². The maximum atomic E-state index is 12.5. The molecule has 7 heteroatoms. The molecule has 1 aromatic heterocycles. The SMILES string of the molecule is Cc1nc(CCC(=O)NC2C3CCCC2CC(N)C3)oc1-c1ccccc1.Cl.Cl. The van der Waals surface area contributed by atoms with Crippen molar-refractivity contribution in [2.45, 2.75) is 64.0 Å². The van der Waals surface area contributed by atoms with Crippen molar-refractivity contribution in [3.8, 4) is 11.3 Å². The number of nitrogens with two attached hydrogens (primary N) is 1. The molecule has 5 nitrogen and oxygen atoms in total. The number of benzene rings is 1. The van der Waals surface area contributed by atoms with E-state index in [4.69, 9.17) is 10.2 Å². The van der Waals surface area contributed by atoms with Gasteiger partial charge in [0.05, 0.1) is 5.69 Å². The molecule has 0 aliphatic heterocycles. The third-order valence-electron chi connectivity index (χ3n) is 6.15. The minimum atomic E-state index is 0. The zero-order valence-electron chi connectivity index (χ0n) is 16.8. The van der Waals surface area contributed by atoms with Crippen molar-refractivity contribution in [1.82, 2.24) is 10.3 Å². The van der Waals surface area contributed by atoms with Gasteiger partial charge in [0.1, 0.15) is 0 Å². The molecule has 160 valence electrons. The Kier molecular flexibility index (Phi) is 8.56. The van der Waals surface area contributed by atoms with Gasteiger partial charge < -0.3 is 15.5 Å². The number of aromatic nitrogens is 1.